The molecular weight excluding hydrogens is 428 g/mol. The molecule has 0 aliphatic heterocycles. The summed E-state index contributed by atoms with van der Waals surface area (Å²) in [6, 6.07) is 18.9. The van der Waals surface area contributed by atoms with Crippen LogP contribution in [0, 0.1) is 25.2 Å². The molecule has 0 aliphatic rings. The maximum absolute atomic E-state index is 12.7. The third-order valence-corrected chi connectivity index (χ3v) is 5.25. The van der Waals surface area contributed by atoms with Crippen LogP contribution in [0.25, 0.3) is 0 Å². The van der Waals surface area contributed by atoms with Crippen molar-refractivity contribution in [3.05, 3.63) is 82.1 Å². The number of hydrogen-bond acceptors (Lipinski definition) is 5. The third kappa shape index (κ3) is 5.54. The topological polar surface area (TPSA) is 88.2 Å². The number of anilines is 1. The van der Waals surface area contributed by atoms with E-state index in [9.17, 15) is 9.59 Å². The number of ether oxygens (including phenoxy) is 1. The molecule has 1 amide bonds. The largest absolute Gasteiger partial charge is 0.452 e. The summed E-state index contributed by atoms with van der Waals surface area (Å²) in [6.45, 7) is 3.80. The Morgan fingerprint density at radius 1 is 1.12 bits per heavy atom. The lowest BCUT2D eigenvalue weighted by atomic mass is 10.1. The van der Waals surface area contributed by atoms with Crippen LogP contribution in [0.2, 0.25) is 5.15 Å². The molecule has 0 fully saturated rings. The predicted octanol–water partition coefficient (Wildman–Crippen LogP) is 4.31. The van der Waals surface area contributed by atoms with Gasteiger partial charge in [-0.2, -0.15) is 10.4 Å². The smallest absolute Gasteiger partial charge is 0.343 e. The number of benzene rings is 2. The van der Waals surface area contributed by atoms with E-state index in [4.69, 9.17) is 21.6 Å². The van der Waals surface area contributed by atoms with Crippen molar-refractivity contribution in [1.29, 1.82) is 5.26 Å². The van der Waals surface area contributed by atoms with E-state index in [-0.39, 0.29) is 23.7 Å². The highest BCUT2D eigenvalue weighted by atomic mass is 35.5. The van der Waals surface area contributed by atoms with E-state index in [1.165, 1.54) is 9.58 Å². The van der Waals surface area contributed by atoms with E-state index in [0.717, 1.165) is 11.1 Å². The molecule has 1 heterocycles. The average Bonchev–Trinajstić information content (AvgIpc) is 3.07. The highest BCUT2D eigenvalue weighted by molar-refractivity contribution is 6.32. The zero-order valence-corrected chi connectivity index (χ0v) is 18.7. The molecule has 32 heavy (non-hydrogen) atoms. The molecule has 0 radical (unpaired) electrons. The van der Waals surface area contributed by atoms with Gasteiger partial charge in [-0.3, -0.25) is 4.79 Å². The molecule has 0 unspecified atom stereocenters. The van der Waals surface area contributed by atoms with Gasteiger partial charge in [0.15, 0.2) is 6.61 Å². The first-order chi connectivity index (χ1) is 15.4. The molecule has 1 aromatic heterocycles. The van der Waals surface area contributed by atoms with Crippen LogP contribution in [0.5, 0.6) is 0 Å². The summed E-state index contributed by atoms with van der Waals surface area (Å²) < 4.78 is 6.79. The van der Waals surface area contributed by atoms with Gasteiger partial charge in [-0.05, 0) is 31.5 Å². The van der Waals surface area contributed by atoms with E-state index < -0.39 is 18.5 Å². The molecule has 0 spiro atoms. The van der Waals surface area contributed by atoms with Gasteiger partial charge < -0.3 is 9.64 Å². The van der Waals surface area contributed by atoms with Gasteiger partial charge in [0.25, 0.3) is 5.91 Å². The van der Waals surface area contributed by atoms with Crippen molar-refractivity contribution in [2.75, 3.05) is 18.1 Å². The first-order valence-electron chi connectivity index (χ1n) is 10.1. The molecular formula is C24H23ClN4O3. The number of carbonyl (C=O) groups is 2. The van der Waals surface area contributed by atoms with Crippen LogP contribution in [-0.2, 0) is 16.1 Å². The molecule has 0 saturated heterocycles. The lowest BCUT2D eigenvalue weighted by Gasteiger charge is -2.21. The van der Waals surface area contributed by atoms with Gasteiger partial charge in [0, 0.05) is 12.2 Å². The van der Waals surface area contributed by atoms with Crippen molar-refractivity contribution in [3.8, 4) is 6.07 Å². The second-order valence-corrected chi connectivity index (χ2v) is 7.62. The summed E-state index contributed by atoms with van der Waals surface area (Å²) in [5, 5.41) is 13.4. The second-order valence-electron chi connectivity index (χ2n) is 7.26. The minimum Gasteiger partial charge on any atom is -0.452 e. The molecule has 0 bridgehead atoms. The lowest BCUT2D eigenvalue weighted by Crippen LogP contribution is -2.35. The van der Waals surface area contributed by atoms with Crippen LogP contribution < -0.4 is 4.90 Å². The zero-order valence-electron chi connectivity index (χ0n) is 17.9. The minimum atomic E-state index is -0.718. The second kappa shape index (κ2) is 10.6. The summed E-state index contributed by atoms with van der Waals surface area (Å²) in [6.07, 6.45) is 0.158. The Labute approximate surface area is 191 Å². The summed E-state index contributed by atoms with van der Waals surface area (Å²) in [4.78, 5) is 26.8. The van der Waals surface area contributed by atoms with Crippen molar-refractivity contribution in [2.45, 2.75) is 26.8 Å². The van der Waals surface area contributed by atoms with E-state index in [2.05, 4.69) is 5.10 Å². The first kappa shape index (κ1) is 23.0. The van der Waals surface area contributed by atoms with Crippen molar-refractivity contribution < 1.29 is 14.3 Å². The molecule has 8 heteroatoms. The van der Waals surface area contributed by atoms with Gasteiger partial charge in [-0.1, -0.05) is 59.6 Å². The highest BCUT2D eigenvalue weighted by Gasteiger charge is 2.24. The number of halogens is 1. The monoisotopic (exact) mass is 450 g/mol. The van der Waals surface area contributed by atoms with Gasteiger partial charge in [0.05, 0.1) is 24.7 Å². The number of esters is 1. The number of aryl methyl sites for hydroxylation is 2. The van der Waals surface area contributed by atoms with Crippen molar-refractivity contribution in [3.63, 3.8) is 0 Å². The summed E-state index contributed by atoms with van der Waals surface area (Å²) >= 11 is 6.42. The van der Waals surface area contributed by atoms with Crippen LogP contribution in [0.4, 0.5) is 5.69 Å². The van der Waals surface area contributed by atoms with Crippen molar-refractivity contribution in [1.82, 2.24) is 9.78 Å². The molecule has 0 atom stereocenters. The maximum Gasteiger partial charge on any atom is 0.343 e. The van der Waals surface area contributed by atoms with Crippen LogP contribution in [-0.4, -0.2) is 34.8 Å². The summed E-state index contributed by atoms with van der Waals surface area (Å²) in [7, 11) is 0. The predicted molar refractivity (Wildman–Crippen MR) is 122 cm³/mol. The minimum absolute atomic E-state index is 0.134. The number of hydrogen-bond donors (Lipinski definition) is 0. The van der Waals surface area contributed by atoms with Gasteiger partial charge in [-0.25, -0.2) is 9.48 Å². The molecule has 0 aliphatic carbocycles. The summed E-state index contributed by atoms with van der Waals surface area (Å²) in [5.74, 6) is -1.15. The Hall–Kier alpha value is -3.63. The van der Waals surface area contributed by atoms with E-state index >= 15 is 0 Å². The fourth-order valence-electron chi connectivity index (χ4n) is 3.20. The number of aromatic nitrogens is 2. The quantitative estimate of drug-likeness (QED) is 0.477. The van der Waals surface area contributed by atoms with Crippen LogP contribution in [0.1, 0.15) is 33.6 Å². The van der Waals surface area contributed by atoms with Gasteiger partial charge in [0.2, 0.25) is 0 Å². The number of nitrogens with zero attached hydrogens (tertiary/aromatic N) is 4. The standard InChI is InChI=1S/C24H23ClN4O3/c1-17-9-11-19(12-10-17)15-29-23(25)22(18(2)27-29)24(31)32-16-21(30)28(14-6-13-26)20-7-4-3-5-8-20/h3-5,7-12H,6,14-16H2,1-2H3. The Morgan fingerprint density at radius 3 is 2.47 bits per heavy atom. The van der Waals surface area contributed by atoms with E-state index in [1.54, 1.807) is 31.2 Å². The molecule has 3 aromatic rings. The average molecular weight is 451 g/mol. The van der Waals surface area contributed by atoms with Gasteiger partial charge in [0.1, 0.15) is 10.7 Å². The zero-order chi connectivity index (χ0) is 23.1. The maximum atomic E-state index is 12.7. The van der Waals surface area contributed by atoms with Crippen LogP contribution >= 0.6 is 11.6 Å². The first-order valence-corrected chi connectivity index (χ1v) is 10.5. The number of rotatable bonds is 8. The number of nitriles is 1. The van der Waals surface area contributed by atoms with Crippen molar-refractivity contribution >= 4 is 29.2 Å². The van der Waals surface area contributed by atoms with Crippen LogP contribution in [0.3, 0.4) is 0 Å². The lowest BCUT2D eigenvalue weighted by molar-refractivity contribution is -0.121. The SMILES string of the molecule is Cc1ccc(Cn2nc(C)c(C(=O)OCC(=O)N(CCC#N)c3ccccc3)c2Cl)cc1. The van der Waals surface area contributed by atoms with E-state index in [0.29, 0.717) is 17.9 Å². The Bertz CT molecular complexity index is 1130. The summed E-state index contributed by atoms with van der Waals surface area (Å²) in [5.41, 5.74) is 3.32. The number of para-hydroxylation sites is 1. The van der Waals surface area contributed by atoms with Gasteiger partial charge >= 0.3 is 5.97 Å². The van der Waals surface area contributed by atoms with E-state index in [1.807, 2.05) is 43.3 Å². The Kier molecular flexibility index (Phi) is 7.63. The fourth-order valence-corrected chi connectivity index (χ4v) is 3.51. The fraction of sp³-hybridized carbons (Fsp3) is 0.250. The molecule has 3 rings (SSSR count). The number of carbonyl (C=O) groups excluding carboxylic acids is 2. The molecule has 0 N–H and O–H groups in total. The number of amides is 1. The Morgan fingerprint density at radius 2 is 1.81 bits per heavy atom. The molecule has 7 nitrogen and oxygen atoms in total. The third-order valence-electron chi connectivity index (χ3n) is 4.87. The van der Waals surface area contributed by atoms with Crippen LogP contribution in [0.15, 0.2) is 54.6 Å². The molecule has 2 aromatic carbocycles. The molecule has 164 valence electrons. The molecule has 0 saturated carbocycles. The Balaban J connectivity index is 1.70. The normalized spacial score (nSPS) is 10.4. The van der Waals surface area contributed by atoms with Gasteiger partial charge in [-0.15, -0.1) is 0 Å². The van der Waals surface area contributed by atoms with Crippen molar-refractivity contribution in [2.24, 2.45) is 0 Å². The highest BCUT2D eigenvalue weighted by Crippen LogP contribution is 2.22.